The smallest absolute Gasteiger partial charge is 0.272 e. The van der Waals surface area contributed by atoms with Gasteiger partial charge in [0, 0.05) is 44.2 Å². The van der Waals surface area contributed by atoms with Gasteiger partial charge < -0.3 is 19.3 Å². The van der Waals surface area contributed by atoms with Crippen LogP contribution in [-0.2, 0) is 9.47 Å². The third-order valence-electron chi connectivity index (χ3n) is 4.86. The van der Waals surface area contributed by atoms with Crippen LogP contribution in [0.5, 0.6) is 0 Å². The van der Waals surface area contributed by atoms with Gasteiger partial charge in [-0.3, -0.25) is 9.78 Å². The van der Waals surface area contributed by atoms with Gasteiger partial charge in [-0.05, 0) is 30.9 Å². The lowest BCUT2D eigenvalue weighted by atomic mass is 9.99. The van der Waals surface area contributed by atoms with Gasteiger partial charge in [0.15, 0.2) is 0 Å². The molecule has 2 aliphatic rings. The summed E-state index contributed by atoms with van der Waals surface area (Å²) >= 11 is 0. The fourth-order valence-corrected chi connectivity index (χ4v) is 3.58. The molecule has 0 spiro atoms. The molecule has 0 radical (unpaired) electrons. The predicted octanol–water partition coefficient (Wildman–Crippen LogP) is 2.20. The van der Waals surface area contributed by atoms with E-state index < -0.39 is 0 Å². The fraction of sp³-hybridized carbons (Fsp3) is 0.684. The molecule has 1 atom stereocenters. The van der Waals surface area contributed by atoms with E-state index in [1.165, 1.54) is 0 Å². The summed E-state index contributed by atoms with van der Waals surface area (Å²) in [6, 6.07) is 4.12. The first kappa shape index (κ1) is 18.1. The molecule has 0 saturated carbocycles. The van der Waals surface area contributed by atoms with Crippen molar-refractivity contribution in [2.24, 2.45) is 5.92 Å². The number of aromatic nitrogens is 1. The highest BCUT2D eigenvalue weighted by molar-refractivity contribution is 5.93. The van der Waals surface area contributed by atoms with E-state index in [4.69, 9.17) is 9.47 Å². The van der Waals surface area contributed by atoms with Gasteiger partial charge in [-0.15, -0.1) is 0 Å². The molecule has 6 nitrogen and oxygen atoms in total. The van der Waals surface area contributed by atoms with E-state index in [0.29, 0.717) is 24.8 Å². The summed E-state index contributed by atoms with van der Waals surface area (Å²) in [6.07, 6.45) is 3.63. The Bertz CT molecular complexity index is 573. The number of ether oxygens (including phenoxy) is 2. The Morgan fingerprint density at radius 3 is 2.68 bits per heavy atom. The summed E-state index contributed by atoms with van der Waals surface area (Å²) < 4.78 is 11.0. The topological polar surface area (TPSA) is 54.9 Å². The van der Waals surface area contributed by atoms with E-state index in [0.717, 1.165) is 51.4 Å². The standard InChI is InChI=1S/C19H29N3O3/c1-15(2)13-17-4-9-24-12-8-22(17)19(23)18-14-16(3-5-20-18)21-6-10-25-11-7-21/h3,5,14-15,17H,4,6-13H2,1-2H3. The highest BCUT2D eigenvalue weighted by atomic mass is 16.5. The lowest BCUT2D eigenvalue weighted by molar-refractivity contribution is 0.0649. The van der Waals surface area contributed by atoms with Crippen molar-refractivity contribution in [3.05, 3.63) is 24.0 Å². The Balaban J connectivity index is 1.77. The van der Waals surface area contributed by atoms with Crippen LogP contribution in [0, 0.1) is 5.92 Å². The van der Waals surface area contributed by atoms with Crippen LogP contribution >= 0.6 is 0 Å². The van der Waals surface area contributed by atoms with Gasteiger partial charge in [0.25, 0.3) is 5.91 Å². The van der Waals surface area contributed by atoms with Crippen molar-refractivity contribution in [2.75, 3.05) is 51.0 Å². The van der Waals surface area contributed by atoms with E-state index in [1.54, 1.807) is 6.20 Å². The number of amides is 1. The third-order valence-corrected chi connectivity index (χ3v) is 4.86. The van der Waals surface area contributed by atoms with Crippen molar-refractivity contribution in [3.8, 4) is 0 Å². The molecule has 0 aromatic carbocycles. The summed E-state index contributed by atoms with van der Waals surface area (Å²) in [4.78, 5) is 21.7. The van der Waals surface area contributed by atoms with Crippen molar-refractivity contribution in [1.29, 1.82) is 0 Å². The van der Waals surface area contributed by atoms with Gasteiger partial charge >= 0.3 is 0 Å². The van der Waals surface area contributed by atoms with Crippen LogP contribution in [-0.4, -0.2) is 67.9 Å². The van der Waals surface area contributed by atoms with Crippen molar-refractivity contribution in [2.45, 2.75) is 32.7 Å². The van der Waals surface area contributed by atoms with Gasteiger partial charge in [0.2, 0.25) is 0 Å². The number of carbonyl (C=O) groups excluding carboxylic acids is 1. The van der Waals surface area contributed by atoms with Crippen LogP contribution in [0.1, 0.15) is 37.2 Å². The monoisotopic (exact) mass is 347 g/mol. The number of morpholine rings is 1. The highest BCUT2D eigenvalue weighted by Gasteiger charge is 2.28. The summed E-state index contributed by atoms with van der Waals surface area (Å²) in [5.41, 5.74) is 1.58. The quantitative estimate of drug-likeness (QED) is 0.836. The Kier molecular flexibility index (Phi) is 6.26. The minimum absolute atomic E-state index is 0.0197. The SMILES string of the molecule is CC(C)CC1CCOCCN1C(=O)c1cc(N2CCOCC2)ccn1. The van der Waals surface area contributed by atoms with Crippen LogP contribution < -0.4 is 4.90 Å². The molecule has 1 amide bonds. The van der Waals surface area contributed by atoms with Crippen LogP contribution in [0.4, 0.5) is 5.69 Å². The average molecular weight is 347 g/mol. The number of hydrogen-bond donors (Lipinski definition) is 0. The van der Waals surface area contributed by atoms with E-state index in [2.05, 4.69) is 23.7 Å². The molecule has 3 heterocycles. The number of anilines is 1. The fourth-order valence-electron chi connectivity index (χ4n) is 3.58. The molecule has 1 aromatic rings. The van der Waals surface area contributed by atoms with E-state index in [9.17, 15) is 4.79 Å². The van der Waals surface area contributed by atoms with Crippen molar-refractivity contribution in [3.63, 3.8) is 0 Å². The molecule has 138 valence electrons. The molecular weight excluding hydrogens is 318 g/mol. The maximum absolute atomic E-state index is 13.1. The normalized spacial score (nSPS) is 22.1. The first-order chi connectivity index (χ1) is 12.1. The Labute approximate surface area is 150 Å². The number of pyridine rings is 1. The molecule has 6 heteroatoms. The Morgan fingerprint density at radius 1 is 1.20 bits per heavy atom. The van der Waals surface area contributed by atoms with Gasteiger partial charge in [0.1, 0.15) is 5.69 Å². The van der Waals surface area contributed by atoms with Gasteiger partial charge in [-0.25, -0.2) is 0 Å². The minimum Gasteiger partial charge on any atom is -0.380 e. The number of rotatable bonds is 4. The van der Waals surface area contributed by atoms with Crippen molar-refractivity contribution >= 4 is 11.6 Å². The van der Waals surface area contributed by atoms with Crippen LogP contribution in [0.25, 0.3) is 0 Å². The predicted molar refractivity (Wildman–Crippen MR) is 97.0 cm³/mol. The van der Waals surface area contributed by atoms with Crippen LogP contribution in [0.15, 0.2) is 18.3 Å². The Morgan fingerprint density at radius 2 is 1.92 bits per heavy atom. The van der Waals surface area contributed by atoms with Gasteiger partial charge in [-0.1, -0.05) is 13.8 Å². The van der Waals surface area contributed by atoms with E-state index in [1.807, 2.05) is 17.0 Å². The molecule has 0 bridgehead atoms. The van der Waals surface area contributed by atoms with Crippen LogP contribution in [0.3, 0.4) is 0 Å². The van der Waals surface area contributed by atoms with Gasteiger partial charge in [0.05, 0.1) is 19.8 Å². The average Bonchev–Trinajstić information content (AvgIpc) is 2.87. The second-order valence-corrected chi connectivity index (χ2v) is 7.18. The second-order valence-electron chi connectivity index (χ2n) is 7.18. The molecule has 2 aliphatic heterocycles. The minimum atomic E-state index is 0.0197. The largest absolute Gasteiger partial charge is 0.380 e. The second kappa shape index (κ2) is 8.63. The maximum atomic E-state index is 13.1. The van der Waals surface area contributed by atoms with E-state index in [-0.39, 0.29) is 11.9 Å². The zero-order chi connectivity index (χ0) is 17.6. The third kappa shape index (κ3) is 4.70. The molecule has 0 N–H and O–H groups in total. The first-order valence-corrected chi connectivity index (χ1v) is 9.32. The lowest BCUT2D eigenvalue weighted by Crippen LogP contribution is -2.42. The summed E-state index contributed by atoms with van der Waals surface area (Å²) in [7, 11) is 0. The molecule has 3 rings (SSSR count). The molecule has 0 aliphatic carbocycles. The molecular formula is C19H29N3O3. The summed E-state index contributed by atoms with van der Waals surface area (Å²) in [6.45, 7) is 9.52. The number of hydrogen-bond acceptors (Lipinski definition) is 5. The van der Waals surface area contributed by atoms with Crippen molar-refractivity contribution < 1.29 is 14.3 Å². The van der Waals surface area contributed by atoms with E-state index >= 15 is 0 Å². The van der Waals surface area contributed by atoms with Gasteiger partial charge in [-0.2, -0.15) is 0 Å². The molecule has 1 aromatic heterocycles. The molecule has 25 heavy (non-hydrogen) atoms. The maximum Gasteiger partial charge on any atom is 0.272 e. The Hall–Kier alpha value is -1.66. The lowest BCUT2D eigenvalue weighted by Gasteiger charge is -2.31. The first-order valence-electron chi connectivity index (χ1n) is 9.32. The summed E-state index contributed by atoms with van der Waals surface area (Å²) in [5.74, 6) is 0.567. The van der Waals surface area contributed by atoms with Crippen LogP contribution in [0.2, 0.25) is 0 Å². The zero-order valence-corrected chi connectivity index (χ0v) is 15.3. The molecule has 2 fully saturated rings. The van der Waals surface area contributed by atoms with Crippen molar-refractivity contribution in [1.82, 2.24) is 9.88 Å². The number of nitrogens with zero attached hydrogens (tertiary/aromatic N) is 3. The zero-order valence-electron chi connectivity index (χ0n) is 15.3. The number of carbonyl (C=O) groups is 1. The highest BCUT2D eigenvalue weighted by Crippen LogP contribution is 2.22. The molecule has 1 unspecified atom stereocenters. The molecule has 2 saturated heterocycles. The summed E-state index contributed by atoms with van der Waals surface area (Å²) in [5, 5.41) is 0.